The fraction of sp³-hybridized carbons (Fsp3) is 0.273. The van der Waals surface area contributed by atoms with E-state index in [4.69, 9.17) is 11.6 Å². The Labute approximate surface area is 184 Å². The molecule has 4 rings (SSSR count). The number of piperazine rings is 1. The highest BCUT2D eigenvalue weighted by Crippen LogP contribution is 2.24. The molecule has 1 fully saturated rings. The van der Waals surface area contributed by atoms with Crippen LogP contribution in [0.1, 0.15) is 34.8 Å². The maximum absolute atomic E-state index is 13.5. The number of halogens is 2. The third-order valence-corrected chi connectivity index (χ3v) is 5.50. The molecule has 0 atom stereocenters. The molecule has 0 bridgehead atoms. The van der Waals surface area contributed by atoms with Gasteiger partial charge >= 0.3 is 0 Å². The van der Waals surface area contributed by atoms with Gasteiger partial charge in [-0.05, 0) is 50.2 Å². The molecule has 3 aromatic rings. The number of nitrogens with zero attached hydrogens (tertiary/aromatic N) is 5. The van der Waals surface area contributed by atoms with Crippen LogP contribution >= 0.6 is 11.6 Å². The second kappa shape index (κ2) is 8.11. The molecule has 0 saturated carbocycles. The summed E-state index contributed by atoms with van der Waals surface area (Å²) in [5.74, 6) is -0.847. The second-order valence-electron chi connectivity index (χ2n) is 8.00. The van der Waals surface area contributed by atoms with Crippen molar-refractivity contribution < 1.29 is 14.0 Å². The fourth-order valence-electron chi connectivity index (χ4n) is 3.73. The lowest BCUT2D eigenvalue weighted by molar-refractivity contribution is 0.0160. The van der Waals surface area contributed by atoms with Gasteiger partial charge in [-0.15, -0.1) is 5.10 Å². The van der Waals surface area contributed by atoms with E-state index < -0.39 is 11.4 Å². The minimum absolute atomic E-state index is 0.0203. The Bertz CT molecular complexity index is 1150. The highest BCUT2D eigenvalue weighted by atomic mass is 35.5. The molecule has 0 N–H and O–H groups in total. The molecule has 1 aliphatic rings. The van der Waals surface area contributed by atoms with Crippen molar-refractivity contribution in [2.45, 2.75) is 19.4 Å². The molecule has 2 heterocycles. The van der Waals surface area contributed by atoms with Gasteiger partial charge in [-0.2, -0.15) is 0 Å². The van der Waals surface area contributed by atoms with Crippen LogP contribution in [-0.2, 0) is 0 Å². The van der Waals surface area contributed by atoms with Crippen LogP contribution in [0, 0.1) is 5.82 Å². The number of benzene rings is 2. The first-order valence-corrected chi connectivity index (χ1v) is 10.2. The van der Waals surface area contributed by atoms with Crippen molar-refractivity contribution in [2.75, 3.05) is 19.6 Å². The molecule has 7 nitrogen and oxygen atoms in total. The summed E-state index contributed by atoms with van der Waals surface area (Å²) in [7, 11) is 0. The Kier molecular flexibility index (Phi) is 5.49. The van der Waals surface area contributed by atoms with E-state index in [0.29, 0.717) is 35.9 Å². The number of carbonyl (C=O) groups excluding carboxylic acids is 2. The van der Waals surface area contributed by atoms with E-state index in [1.807, 2.05) is 13.8 Å². The van der Waals surface area contributed by atoms with E-state index in [-0.39, 0.29) is 17.6 Å². The Morgan fingerprint density at radius 2 is 1.84 bits per heavy atom. The number of hydrogen-bond donors (Lipinski definition) is 0. The molecule has 1 aromatic heterocycles. The molecular weight excluding hydrogens is 421 g/mol. The van der Waals surface area contributed by atoms with Crippen molar-refractivity contribution in [3.05, 3.63) is 77.1 Å². The van der Waals surface area contributed by atoms with Gasteiger partial charge in [-0.25, -0.2) is 14.1 Å². The molecule has 1 aliphatic heterocycles. The summed E-state index contributed by atoms with van der Waals surface area (Å²) in [5.41, 5.74) is 0.356. The summed E-state index contributed by atoms with van der Waals surface area (Å²) in [4.78, 5) is 33.5. The van der Waals surface area contributed by atoms with Gasteiger partial charge in [-0.3, -0.25) is 9.59 Å². The number of hydrogen-bond acceptors (Lipinski definition) is 4. The maximum Gasteiger partial charge on any atom is 0.294 e. The number of carbonyl (C=O) groups is 2. The molecule has 1 saturated heterocycles. The monoisotopic (exact) mass is 441 g/mol. The summed E-state index contributed by atoms with van der Waals surface area (Å²) in [6, 6.07) is 12.7. The zero-order valence-electron chi connectivity index (χ0n) is 17.1. The van der Waals surface area contributed by atoms with Crippen LogP contribution in [-0.4, -0.2) is 61.6 Å². The Morgan fingerprint density at radius 3 is 2.55 bits per heavy atom. The quantitative estimate of drug-likeness (QED) is 0.624. The summed E-state index contributed by atoms with van der Waals surface area (Å²) >= 11 is 6.01. The normalized spacial score (nSPS) is 15.7. The van der Waals surface area contributed by atoms with E-state index in [2.05, 4.69) is 10.1 Å². The van der Waals surface area contributed by atoms with Crippen LogP contribution in [0.3, 0.4) is 0 Å². The molecular formula is C22H21ClFN5O2. The largest absolute Gasteiger partial charge is 0.335 e. The van der Waals surface area contributed by atoms with Crippen molar-refractivity contribution in [3.8, 4) is 5.69 Å². The zero-order chi connectivity index (χ0) is 22.2. The first kappa shape index (κ1) is 21.0. The van der Waals surface area contributed by atoms with Crippen LogP contribution in [0.2, 0.25) is 5.02 Å². The number of rotatable bonds is 3. The minimum atomic E-state index is -0.631. The number of aromatic nitrogens is 3. The lowest BCUT2D eigenvalue weighted by atomic mass is 9.97. The molecule has 0 radical (unpaired) electrons. The highest BCUT2D eigenvalue weighted by Gasteiger charge is 2.40. The fourth-order valence-corrected chi connectivity index (χ4v) is 3.92. The van der Waals surface area contributed by atoms with Crippen molar-refractivity contribution in [3.63, 3.8) is 0 Å². The lowest BCUT2D eigenvalue weighted by Crippen LogP contribution is -2.62. The Balaban J connectivity index is 1.50. The molecule has 160 valence electrons. The van der Waals surface area contributed by atoms with Crippen LogP contribution < -0.4 is 0 Å². The van der Waals surface area contributed by atoms with Crippen LogP contribution in [0.4, 0.5) is 4.39 Å². The average molecular weight is 442 g/mol. The zero-order valence-corrected chi connectivity index (χ0v) is 17.9. The van der Waals surface area contributed by atoms with Gasteiger partial charge in [0.25, 0.3) is 11.8 Å². The van der Waals surface area contributed by atoms with E-state index >= 15 is 0 Å². The van der Waals surface area contributed by atoms with Gasteiger partial charge in [0.1, 0.15) is 12.1 Å². The van der Waals surface area contributed by atoms with E-state index in [9.17, 15) is 14.0 Å². The summed E-state index contributed by atoms with van der Waals surface area (Å²) < 4.78 is 14.8. The molecule has 0 spiro atoms. The van der Waals surface area contributed by atoms with E-state index in [0.717, 1.165) is 0 Å². The summed E-state index contributed by atoms with van der Waals surface area (Å²) in [6.07, 6.45) is 1.38. The standard InChI is InChI=1S/C22H21ClFN5O2/c1-22(2)13-27(20(30)15-5-3-6-16(23)11-15)9-10-28(22)21(31)19-25-14-29(26-19)18-8-4-7-17(24)12-18/h3-8,11-12,14H,9-10,13H2,1-2H3. The first-order chi connectivity index (χ1) is 14.7. The third kappa shape index (κ3) is 4.29. The van der Waals surface area contributed by atoms with Gasteiger partial charge in [0, 0.05) is 30.2 Å². The van der Waals surface area contributed by atoms with Crippen molar-refractivity contribution in [1.29, 1.82) is 0 Å². The van der Waals surface area contributed by atoms with Gasteiger partial charge < -0.3 is 9.80 Å². The SMILES string of the molecule is CC1(C)CN(C(=O)c2cccc(Cl)c2)CCN1C(=O)c1ncn(-c2cccc(F)c2)n1. The molecule has 2 amide bonds. The molecule has 2 aromatic carbocycles. The predicted molar refractivity (Wildman–Crippen MR) is 114 cm³/mol. The second-order valence-corrected chi connectivity index (χ2v) is 8.44. The molecule has 9 heteroatoms. The highest BCUT2D eigenvalue weighted by molar-refractivity contribution is 6.30. The molecule has 0 aliphatic carbocycles. The van der Waals surface area contributed by atoms with Gasteiger partial charge in [0.2, 0.25) is 5.82 Å². The van der Waals surface area contributed by atoms with Gasteiger partial charge in [0.05, 0.1) is 11.2 Å². The van der Waals surface area contributed by atoms with Gasteiger partial charge in [-0.1, -0.05) is 23.7 Å². The van der Waals surface area contributed by atoms with Crippen LogP contribution in [0.15, 0.2) is 54.9 Å². The van der Waals surface area contributed by atoms with E-state index in [1.54, 1.807) is 46.2 Å². The van der Waals surface area contributed by atoms with Crippen LogP contribution in [0.5, 0.6) is 0 Å². The summed E-state index contributed by atoms with van der Waals surface area (Å²) in [5, 5.41) is 4.73. The van der Waals surface area contributed by atoms with Crippen molar-refractivity contribution in [1.82, 2.24) is 24.6 Å². The number of amides is 2. The van der Waals surface area contributed by atoms with Crippen molar-refractivity contribution in [2.24, 2.45) is 0 Å². The van der Waals surface area contributed by atoms with Crippen LogP contribution in [0.25, 0.3) is 5.69 Å². The molecule has 0 unspecified atom stereocenters. The summed E-state index contributed by atoms with van der Waals surface area (Å²) in [6.45, 7) is 4.87. The lowest BCUT2D eigenvalue weighted by Gasteiger charge is -2.46. The minimum Gasteiger partial charge on any atom is -0.335 e. The Morgan fingerprint density at radius 1 is 1.06 bits per heavy atom. The maximum atomic E-state index is 13.5. The average Bonchev–Trinajstić information content (AvgIpc) is 3.22. The Hall–Kier alpha value is -3.26. The third-order valence-electron chi connectivity index (χ3n) is 5.26. The predicted octanol–water partition coefficient (Wildman–Crippen LogP) is 3.44. The molecule has 31 heavy (non-hydrogen) atoms. The van der Waals surface area contributed by atoms with Crippen molar-refractivity contribution >= 4 is 23.4 Å². The van der Waals surface area contributed by atoms with E-state index in [1.165, 1.54) is 23.1 Å². The topological polar surface area (TPSA) is 71.3 Å². The van der Waals surface area contributed by atoms with Gasteiger partial charge in [0.15, 0.2) is 0 Å². The smallest absolute Gasteiger partial charge is 0.294 e. The first-order valence-electron chi connectivity index (χ1n) is 9.79.